The molecule has 3 heterocycles. The highest BCUT2D eigenvalue weighted by molar-refractivity contribution is 7.91. The summed E-state index contributed by atoms with van der Waals surface area (Å²) in [6.45, 7) is 2.02. The molecule has 1 amide bonds. The highest BCUT2D eigenvalue weighted by atomic mass is 32.2. The Morgan fingerprint density at radius 3 is 2.48 bits per heavy atom. The van der Waals surface area contributed by atoms with Crippen molar-refractivity contribution < 1.29 is 13.2 Å². The average Bonchev–Trinajstić information content (AvgIpc) is 2.75. The lowest BCUT2D eigenvalue weighted by molar-refractivity contribution is 0.0941. The molecule has 1 aromatic heterocycles. The van der Waals surface area contributed by atoms with Gasteiger partial charge >= 0.3 is 0 Å². The van der Waals surface area contributed by atoms with Crippen LogP contribution in [0.3, 0.4) is 0 Å². The molecule has 0 unspecified atom stereocenters. The molecule has 2 saturated heterocycles. The van der Waals surface area contributed by atoms with Gasteiger partial charge in [-0.05, 0) is 31.4 Å². The van der Waals surface area contributed by atoms with Gasteiger partial charge in [0, 0.05) is 25.3 Å². The second-order valence-corrected chi connectivity index (χ2v) is 8.61. The Kier molecular flexibility index (Phi) is 4.84. The van der Waals surface area contributed by atoms with Crippen LogP contribution in [0.5, 0.6) is 0 Å². The van der Waals surface area contributed by atoms with Crippen molar-refractivity contribution in [3.05, 3.63) is 23.9 Å². The quantitative estimate of drug-likeness (QED) is 0.901. The van der Waals surface area contributed by atoms with E-state index < -0.39 is 9.84 Å². The number of carbonyl (C=O) groups is 1. The molecule has 6 nitrogen and oxygen atoms in total. The predicted molar refractivity (Wildman–Crippen MR) is 89.4 cm³/mol. The number of hydrogen-bond acceptors (Lipinski definition) is 5. The molecular formula is C16H23N3O3S. The minimum atomic E-state index is -2.98. The van der Waals surface area contributed by atoms with Crippen LogP contribution in [0.25, 0.3) is 0 Å². The molecule has 1 atom stereocenters. The van der Waals surface area contributed by atoms with Crippen LogP contribution in [-0.4, -0.2) is 49.9 Å². The molecule has 2 aliphatic rings. The van der Waals surface area contributed by atoms with E-state index in [1.807, 2.05) is 6.07 Å². The van der Waals surface area contributed by atoms with Crippen LogP contribution in [0, 0.1) is 0 Å². The van der Waals surface area contributed by atoms with Crippen LogP contribution >= 0.6 is 0 Å². The third-order valence-corrected chi connectivity index (χ3v) is 6.28. The largest absolute Gasteiger partial charge is 0.357 e. The van der Waals surface area contributed by atoms with E-state index in [4.69, 9.17) is 0 Å². The van der Waals surface area contributed by atoms with Crippen LogP contribution in [-0.2, 0) is 9.84 Å². The third kappa shape index (κ3) is 4.22. The van der Waals surface area contributed by atoms with Gasteiger partial charge in [0.05, 0.1) is 17.1 Å². The summed E-state index contributed by atoms with van der Waals surface area (Å²) in [5.74, 6) is 0.858. The summed E-state index contributed by atoms with van der Waals surface area (Å²) in [5, 5.41) is 2.79. The monoisotopic (exact) mass is 337 g/mol. The Bertz CT molecular complexity index is 650. The van der Waals surface area contributed by atoms with Crippen molar-refractivity contribution in [2.45, 2.75) is 38.1 Å². The maximum absolute atomic E-state index is 12.2. The molecular weight excluding hydrogens is 314 g/mol. The summed E-state index contributed by atoms with van der Waals surface area (Å²) in [6, 6.07) is 3.37. The van der Waals surface area contributed by atoms with E-state index in [0.29, 0.717) is 12.0 Å². The number of carbonyl (C=O) groups excluding carboxylic acids is 1. The smallest absolute Gasteiger partial charge is 0.253 e. The molecule has 7 heteroatoms. The van der Waals surface area contributed by atoms with E-state index in [1.165, 1.54) is 25.7 Å². The van der Waals surface area contributed by atoms with Crippen molar-refractivity contribution in [3.63, 3.8) is 0 Å². The van der Waals surface area contributed by atoms with E-state index in [2.05, 4.69) is 15.2 Å². The number of anilines is 1. The van der Waals surface area contributed by atoms with Crippen LogP contribution in [0.4, 0.5) is 5.82 Å². The number of hydrogen-bond donors (Lipinski definition) is 1. The third-order valence-electron chi connectivity index (χ3n) is 4.51. The van der Waals surface area contributed by atoms with Crippen LogP contribution in [0.2, 0.25) is 0 Å². The van der Waals surface area contributed by atoms with Crippen molar-refractivity contribution in [2.75, 3.05) is 29.5 Å². The van der Waals surface area contributed by atoms with E-state index in [1.54, 1.807) is 12.3 Å². The summed E-state index contributed by atoms with van der Waals surface area (Å²) >= 11 is 0. The molecule has 3 rings (SSSR count). The first-order chi connectivity index (χ1) is 11.0. The Morgan fingerprint density at radius 2 is 1.91 bits per heavy atom. The number of rotatable bonds is 3. The van der Waals surface area contributed by atoms with Gasteiger partial charge in [0.1, 0.15) is 5.82 Å². The molecule has 0 aromatic carbocycles. The van der Waals surface area contributed by atoms with Gasteiger partial charge in [0.2, 0.25) is 0 Å². The fourth-order valence-corrected chi connectivity index (χ4v) is 4.86. The highest BCUT2D eigenvalue weighted by Gasteiger charge is 2.29. The van der Waals surface area contributed by atoms with Crippen molar-refractivity contribution in [2.24, 2.45) is 0 Å². The number of aromatic nitrogens is 1. The van der Waals surface area contributed by atoms with E-state index in [0.717, 1.165) is 18.9 Å². The first kappa shape index (κ1) is 16.2. The second kappa shape index (κ2) is 6.86. The number of pyridine rings is 1. The van der Waals surface area contributed by atoms with Crippen molar-refractivity contribution in [1.82, 2.24) is 10.3 Å². The Balaban J connectivity index is 1.61. The van der Waals surface area contributed by atoms with E-state index in [9.17, 15) is 13.2 Å². The van der Waals surface area contributed by atoms with Crippen molar-refractivity contribution in [3.8, 4) is 0 Å². The van der Waals surface area contributed by atoms with Gasteiger partial charge in [-0.15, -0.1) is 0 Å². The second-order valence-electron chi connectivity index (χ2n) is 6.38. The number of sulfone groups is 1. The molecule has 0 radical (unpaired) electrons. The van der Waals surface area contributed by atoms with Crippen LogP contribution in [0.15, 0.2) is 18.3 Å². The Hall–Kier alpha value is -1.63. The number of amides is 1. The molecule has 2 fully saturated rings. The molecule has 2 aliphatic heterocycles. The predicted octanol–water partition coefficient (Wildman–Crippen LogP) is 1.38. The zero-order valence-electron chi connectivity index (χ0n) is 13.2. The minimum absolute atomic E-state index is 0.0397. The van der Waals surface area contributed by atoms with Gasteiger partial charge in [-0.2, -0.15) is 0 Å². The molecule has 0 saturated carbocycles. The average molecular weight is 337 g/mol. The summed E-state index contributed by atoms with van der Waals surface area (Å²) < 4.78 is 22.9. The number of nitrogens with one attached hydrogen (secondary N) is 1. The normalized spacial score (nSPS) is 24.2. The molecule has 0 bridgehead atoms. The highest BCUT2D eigenvalue weighted by Crippen LogP contribution is 2.18. The summed E-state index contributed by atoms with van der Waals surface area (Å²) in [4.78, 5) is 18.9. The van der Waals surface area contributed by atoms with Crippen LogP contribution in [0.1, 0.15) is 42.5 Å². The molecule has 0 aliphatic carbocycles. The summed E-state index contributed by atoms with van der Waals surface area (Å²) in [5.41, 5.74) is 0.480. The van der Waals surface area contributed by atoms with E-state index >= 15 is 0 Å². The Morgan fingerprint density at radius 1 is 1.17 bits per heavy atom. The molecule has 1 N–H and O–H groups in total. The van der Waals surface area contributed by atoms with Gasteiger partial charge < -0.3 is 10.2 Å². The lowest BCUT2D eigenvalue weighted by atomic mass is 10.2. The fourth-order valence-electron chi connectivity index (χ4n) is 3.18. The molecule has 0 spiro atoms. The topological polar surface area (TPSA) is 79.4 Å². The standard InChI is InChI=1S/C16H23N3O3S/c20-16(18-14-7-10-23(21,22)12-14)13-5-6-15(17-11-13)19-8-3-1-2-4-9-19/h5-6,11,14H,1-4,7-10,12H2,(H,18,20)/t14-/m0/s1. The van der Waals surface area contributed by atoms with Gasteiger partial charge in [0.25, 0.3) is 5.91 Å². The van der Waals surface area contributed by atoms with Crippen molar-refractivity contribution >= 4 is 21.6 Å². The first-order valence-corrected chi connectivity index (χ1v) is 10.1. The maximum atomic E-state index is 12.2. The van der Waals surface area contributed by atoms with Gasteiger partial charge in [0.15, 0.2) is 9.84 Å². The molecule has 23 heavy (non-hydrogen) atoms. The lowest BCUT2D eigenvalue weighted by Gasteiger charge is -2.21. The fraction of sp³-hybridized carbons (Fsp3) is 0.625. The van der Waals surface area contributed by atoms with Gasteiger partial charge in [-0.25, -0.2) is 13.4 Å². The zero-order chi connectivity index (χ0) is 16.3. The van der Waals surface area contributed by atoms with Gasteiger partial charge in [-0.1, -0.05) is 12.8 Å². The SMILES string of the molecule is O=C(N[C@H]1CCS(=O)(=O)C1)c1ccc(N2CCCCCC2)nc1. The summed E-state index contributed by atoms with van der Waals surface area (Å²) in [7, 11) is -2.98. The van der Waals surface area contributed by atoms with Crippen molar-refractivity contribution in [1.29, 1.82) is 0 Å². The molecule has 1 aromatic rings. The van der Waals surface area contributed by atoms with Crippen LogP contribution < -0.4 is 10.2 Å². The first-order valence-electron chi connectivity index (χ1n) is 8.26. The number of nitrogens with zero attached hydrogens (tertiary/aromatic N) is 2. The lowest BCUT2D eigenvalue weighted by Crippen LogP contribution is -2.35. The van der Waals surface area contributed by atoms with E-state index in [-0.39, 0.29) is 23.5 Å². The Labute approximate surface area is 137 Å². The zero-order valence-corrected chi connectivity index (χ0v) is 14.0. The molecule has 126 valence electrons. The maximum Gasteiger partial charge on any atom is 0.253 e. The summed E-state index contributed by atoms with van der Waals surface area (Å²) in [6.07, 6.45) is 6.97. The minimum Gasteiger partial charge on any atom is -0.357 e. The van der Waals surface area contributed by atoms with Gasteiger partial charge in [-0.3, -0.25) is 4.79 Å².